The minimum absolute atomic E-state index is 0.0776. The quantitative estimate of drug-likeness (QED) is 0.832. The Labute approximate surface area is 108 Å². The summed E-state index contributed by atoms with van der Waals surface area (Å²) in [6.45, 7) is 1.98. The van der Waals surface area contributed by atoms with Crippen molar-refractivity contribution < 1.29 is 9.90 Å². The molecule has 0 saturated heterocycles. The second-order valence-electron chi connectivity index (χ2n) is 4.32. The third-order valence-electron chi connectivity index (χ3n) is 2.94. The van der Waals surface area contributed by atoms with Gasteiger partial charge in [-0.05, 0) is 29.0 Å². The number of carboxylic acid groups (broad SMARTS) is 1. The van der Waals surface area contributed by atoms with E-state index in [1.807, 2.05) is 31.2 Å². The van der Waals surface area contributed by atoms with Gasteiger partial charge in [0.25, 0.3) is 0 Å². The molecule has 3 rings (SSSR count). The maximum atomic E-state index is 11.1. The number of benzene rings is 1. The number of hydrogen-bond acceptors (Lipinski definition) is 5. The van der Waals surface area contributed by atoms with Crippen LogP contribution in [0.2, 0.25) is 0 Å². The minimum Gasteiger partial charge on any atom is -0.477 e. The highest BCUT2D eigenvalue weighted by atomic mass is 16.4. The SMILES string of the molecule is Cc1cccc(C2C=C(C(=O)O)Nc3nnnn32)c1. The van der Waals surface area contributed by atoms with Gasteiger partial charge in [0, 0.05) is 0 Å². The molecule has 1 atom stereocenters. The Morgan fingerprint density at radius 1 is 1.47 bits per heavy atom. The highest BCUT2D eigenvalue weighted by Gasteiger charge is 2.26. The number of nitrogens with zero attached hydrogens (tertiary/aromatic N) is 4. The molecule has 7 heteroatoms. The minimum atomic E-state index is -1.04. The van der Waals surface area contributed by atoms with Gasteiger partial charge in [-0.25, -0.2) is 4.79 Å². The van der Waals surface area contributed by atoms with Crippen molar-refractivity contribution >= 4 is 11.9 Å². The molecule has 0 spiro atoms. The summed E-state index contributed by atoms with van der Waals surface area (Å²) in [6.07, 6.45) is 1.60. The summed E-state index contributed by atoms with van der Waals surface area (Å²) < 4.78 is 1.56. The van der Waals surface area contributed by atoms with Crippen LogP contribution in [0.25, 0.3) is 0 Å². The number of rotatable bonds is 2. The van der Waals surface area contributed by atoms with E-state index in [0.29, 0.717) is 5.95 Å². The molecule has 96 valence electrons. The number of carbonyl (C=O) groups is 1. The second-order valence-corrected chi connectivity index (χ2v) is 4.32. The van der Waals surface area contributed by atoms with E-state index in [4.69, 9.17) is 5.11 Å². The molecule has 1 aromatic heterocycles. The lowest BCUT2D eigenvalue weighted by Crippen LogP contribution is -2.24. The summed E-state index contributed by atoms with van der Waals surface area (Å²) in [5.74, 6) is -0.710. The summed E-state index contributed by atoms with van der Waals surface area (Å²) in [6, 6.07) is 7.48. The van der Waals surface area contributed by atoms with E-state index in [1.54, 1.807) is 10.8 Å². The predicted octanol–water partition coefficient (Wildman–Crippen LogP) is 0.965. The maximum absolute atomic E-state index is 11.1. The lowest BCUT2D eigenvalue weighted by Gasteiger charge is -2.21. The number of aryl methyl sites for hydroxylation is 1. The molecule has 2 aromatic rings. The van der Waals surface area contributed by atoms with Crippen molar-refractivity contribution in [3.05, 3.63) is 47.2 Å². The van der Waals surface area contributed by atoms with Gasteiger partial charge in [0.15, 0.2) is 0 Å². The second kappa shape index (κ2) is 4.20. The molecule has 1 aromatic carbocycles. The average Bonchev–Trinajstić information content (AvgIpc) is 2.85. The molecule has 0 saturated carbocycles. The summed E-state index contributed by atoms with van der Waals surface area (Å²) in [4.78, 5) is 11.1. The van der Waals surface area contributed by atoms with Crippen LogP contribution >= 0.6 is 0 Å². The molecule has 1 unspecified atom stereocenters. The van der Waals surface area contributed by atoms with Gasteiger partial charge in [-0.1, -0.05) is 34.9 Å². The third kappa shape index (κ3) is 1.95. The van der Waals surface area contributed by atoms with Gasteiger partial charge in [-0.2, -0.15) is 4.68 Å². The van der Waals surface area contributed by atoms with E-state index in [-0.39, 0.29) is 11.7 Å². The molecule has 19 heavy (non-hydrogen) atoms. The Kier molecular flexibility index (Phi) is 2.52. The van der Waals surface area contributed by atoms with Gasteiger partial charge in [0.1, 0.15) is 11.7 Å². The fourth-order valence-electron chi connectivity index (χ4n) is 2.07. The molecule has 7 nitrogen and oxygen atoms in total. The topological polar surface area (TPSA) is 92.9 Å². The maximum Gasteiger partial charge on any atom is 0.352 e. The summed E-state index contributed by atoms with van der Waals surface area (Å²) in [5, 5.41) is 23.0. The fourth-order valence-corrected chi connectivity index (χ4v) is 2.07. The molecule has 1 aliphatic heterocycles. The van der Waals surface area contributed by atoms with Crippen molar-refractivity contribution in [2.24, 2.45) is 0 Å². The predicted molar refractivity (Wildman–Crippen MR) is 66.5 cm³/mol. The Morgan fingerprint density at radius 3 is 3.05 bits per heavy atom. The molecule has 0 amide bonds. The first-order valence-electron chi connectivity index (χ1n) is 5.72. The molecular formula is C12H11N5O2. The molecule has 0 aliphatic carbocycles. The molecule has 1 aliphatic rings. The van der Waals surface area contributed by atoms with Crippen LogP contribution in [0.3, 0.4) is 0 Å². The molecule has 2 heterocycles. The largest absolute Gasteiger partial charge is 0.477 e. The van der Waals surface area contributed by atoms with Crippen molar-refractivity contribution in [1.82, 2.24) is 20.2 Å². The van der Waals surface area contributed by atoms with E-state index < -0.39 is 5.97 Å². The number of carboxylic acids is 1. The zero-order valence-electron chi connectivity index (χ0n) is 10.1. The zero-order valence-corrected chi connectivity index (χ0v) is 10.1. The van der Waals surface area contributed by atoms with Gasteiger partial charge in [0.05, 0.1) is 0 Å². The standard InChI is InChI=1S/C12H11N5O2/c1-7-3-2-4-8(5-7)10-6-9(11(18)19)13-12-14-15-16-17(10)12/h2-6,10H,1H3,(H,18,19)(H,13,14,16). The van der Waals surface area contributed by atoms with Crippen molar-refractivity contribution in [2.75, 3.05) is 5.32 Å². The number of aromatic nitrogens is 4. The summed E-state index contributed by atoms with van der Waals surface area (Å²) >= 11 is 0. The van der Waals surface area contributed by atoms with Crippen LogP contribution in [0.5, 0.6) is 0 Å². The van der Waals surface area contributed by atoms with Crippen LogP contribution in [0.4, 0.5) is 5.95 Å². The summed E-state index contributed by atoms with van der Waals surface area (Å²) in [5.41, 5.74) is 2.11. The Bertz CT molecular complexity index is 676. The molecule has 0 fully saturated rings. The first kappa shape index (κ1) is 11.4. The summed E-state index contributed by atoms with van der Waals surface area (Å²) in [7, 11) is 0. The highest BCUT2D eigenvalue weighted by molar-refractivity contribution is 5.90. The Morgan fingerprint density at radius 2 is 2.32 bits per heavy atom. The van der Waals surface area contributed by atoms with Crippen molar-refractivity contribution in [1.29, 1.82) is 0 Å². The number of tetrazole rings is 1. The van der Waals surface area contributed by atoms with Crippen LogP contribution in [0.15, 0.2) is 36.0 Å². The zero-order chi connectivity index (χ0) is 13.4. The lowest BCUT2D eigenvalue weighted by molar-refractivity contribution is -0.132. The van der Waals surface area contributed by atoms with Crippen LogP contribution in [0, 0.1) is 6.92 Å². The van der Waals surface area contributed by atoms with E-state index in [2.05, 4.69) is 20.8 Å². The fraction of sp³-hybridized carbons (Fsp3) is 0.167. The number of anilines is 1. The van der Waals surface area contributed by atoms with Crippen LogP contribution in [-0.2, 0) is 4.79 Å². The van der Waals surface area contributed by atoms with Crippen molar-refractivity contribution in [2.45, 2.75) is 13.0 Å². The molecular weight excluding hydrogens is 246 g/mol. The molecule has 0 radical (unpaired) electrons. The first-order chi connectivity index (χ1) is 9.15. The lowest BCUT2D eigenvalue weighted by atomic mass is 10.0. The number of nitrogens with one attached hydrogen (secondary N) is 1. The number of aliphatic carboxylic acids is 1. The smallest absolute Gasteiger partial charge is 0.352 e. The van der Waals surface area contributed by atoms with Gasteiger partial charge < -0.3 is 10.4 Å². The van der Waals surface area contributed by atoms with Crippen LogP contribution < -0.4 is 5.32 Å². The van der Waals surface area contributed by atoms with Gasteiger partial charge in [-0.15, -0.1) is 0 Å². The number of fused-ring (bicyclic) bond motifs is 1. The monoisotopic (exact) mass is 257 g/mol. The number of hydrogen-bond donors (Lipinski definition) is 2. The van der Waals surface area contributed by atoms with E-state index in [0.717, 1.165) is 11.1 Å². The van der Waals surface area contributed by atoms with E-state index >= 15 is 0 Å². The number of allylic oxidation sites excluding steroid dienone is 1. The Hall–Kier alpha value is -2.70. The third-order valence-corrected chi connectivity index (χ3v) is 2.94. The average molecular weight is 257 g/mol. The van der Waals surface area contributed by atoms with Gasteiger partial charge in [-0.3, -0.25) is 0 Å². The van der Waals surface area contributed by atoms with Gasteiger partial charge >= 0.3 is 5.97 Å². The molecule has 0 bridgehead atoms. The normalized spacial score (nSPS) is 17.3. The Balaban J connectivity index is 2.11. The van der Waals surface area contributed by atoms with Crippen molar-refractivity contribution in [3.63, 3.8) is 0 Å². The van der Waals surface area contributed by atoms with E-state index in [9.17, 15) is 4.79 Å². The van der Waals surface area contributed by atoms with Gasteiger partial charge in [0.2, 0.25) is 5.95 Å². The highest BCUT2D eigenvalue weighted by Crippen LogP contribution is 2.27. The first-order valence-corrected chi connectivity index (χ1v) is 5.72. The molecule has 2 N–H and O–H groups in total. The van der Waals surface area contributed by atoms with Crippen LogP contribution in [0.1, 0.15) is 17.2 Å². The van der Waals surface area contributed by atoms with E-state index in [1.165, 1.54) is 0 Å². The van der Waals surface area contributed by atoms with Crippen LogP contribution in [-0.4, -0.2) is 31.3 Å². The van der Waals surface area contributed by atoms with Crippen molar-refractivity contribution in [3.8, 4) is 0 Å².